The quantitative estimate of drug-likeness (QED) is 0.740. The van der Waals surface area contributed by atoms with E-state index in [0.717, 1.165) is 0 Å². The number of benzene rings is 1. The van der Waals surface area contributed by atoms with Gasteiger partial charge in [0.05, 0.1) is 37.8 Å². The summed E-state index contributed by atoms with van der Waals surface area (Å²) in [6.07, 6.45) is -0.0704. The summed E-state index contributed by atoms with van der Waals surface area (Å²) >= 11 is 0. The average Bonchev–Trinajstić information content (AvgIpc) is 3.32. The van der Waals surface area contributed by atoms with Crippen molar-refractivity contribution in [2.24, 2.45) is 5.73 Å². The summed E-state index contributed by atoms with van der Waals surface area (Å²) in [4.78, 5) is 11.8. The molecule has 2 aliphatic heterocycles. The van der Waals surface area contributed by atoms with Gasteiger partial charge in [0.2, 0.25) is 24.3 Å². The van der Waals surface area contributed by atoms with Gasteiger partial charge in [-0.3, -0.25) is 9.89 Å². The number of aromatic nitrogens is 2. The molecule has 10 heteroatoms. The maximum Gasteiger partial charge on any atom is 0.311 e. The Morgan fingerprint density at radius 3 is 2.96 bits per heavy atom. The lowest BCUT2D eigenvalue weighted by Gasteiger charge is -2.24. The van der Waals surface area contributed by atoms with Crippen LogP contribution >= 0.6 is 0 Å². The van der Waals surface area contributed by atoms with E-state index in [1.807, 2.05) is 0 Å². The van der Waals surface area contributed by atoms with Gasteiger partial charge in [-0.1, -0.05) is 0 Å². The third kappa shape index (κ3) is 2.64. The second kappa shape index (κ2) is 6.70. The van der Waals surface area contributed by atoms with Crippen molar-refractivity contribution in [2.45, 2.75) is 12.3 Å². The Balaban J connectivity index is 1.90. The van der Waals surface area contributed by atoms with Gasteiger partial charge in [-0.15, -0.1) is 5.10 Å². The Hall–Kier alpha value is -3.87. The number of esters is 1. The Kier molecular flexibility index (Phi) is 4.19. The van der Waals surface area contributed by atoms with Crippen molar-refractivity contribution in [1.82, 2.24) is 10.2 Å². The van der Waals surface area contributed by atoms with Gasteiger partial charge >= 0.3 is 5.97 Å². The number of H-pyrrole nitrogens is 1. The smallest absolute Gasteiger partial charge is 0.311 e. The summed E-state index contributed by atoms with van der Waals surface area (Å²) in [5.74, 6) is 0.439. The van der Waals surface area contributed by atoms with Gasteiger partial charge in [0.1, 0.15) is 11.6 Å². The minimum atomic E-state index is -0.643. The fourth-order valence-electron chi connectivity index (χ4n) is 3.31. The Labute approximate surface area is 159 Å². The van der Waals surface area contributed by atoms with Crippen molar-refractivity contribution in [2.75, 3.05) is 21.0 Å². The van der Waals surface area contributed by atoms with Gasteiger partial charge < -0.3 is 29.4 Å². The first-order valence-corrected chi connectivity index (χ1v) is 8.26. The van der Waals surface area contributed by atoms with Crippen LogP contribution in [0, 0.1) is 11.3 Å². The fourth-order valence-corrected chi connectivity index (χ4v) is 3.31. The Morgan fingerprint density at radius 1 is 1.43 bits per heavy atom. The number of rotatable bonds is 4. The maximum absolute atomic E-state index is 11.8. The van der Waals surface area contributed by atoms with E-state index < -0.39 is 11.9 Å². The minimum absolute atomic E-state index is 0.0623. The average molecular weight is 384 g/mol. The number of fused-ring (bicyclic) bond motifs is 2. The number of hydrogen-bond acceptors (Lipinski definition) is 9. The molecule has 1 aromatic carbocycles. The molecule has 0 saturated heterocycles. The number of nitrogens with zero attached hydrogens (tertiary/aromatic N) is 2. The molecule has 0 amide bonds. The highest BCUT2D eigenvalue weighted by molar-refractivity contribution is 5.73. The van der Waals surface area contributed by atoms with E-state index in [1.165, 1.54) is 14.2 Å². The summed E-state index contributed by atoms with van der Waals surface area (Å²) in [6.45, 7) is 0.0660. The molecule has 2 aromatic rings. The number of nitriles is 1. The normalized spacial score (nSPS) is 16.8. The van der Waals surface area contributed by atoms with Gasteiger partial charge in [0.25, 0.3) is 0 Å². The van der Waals surface area contributed by atoms with E-state index in [2.05, 4.69) is 16.3 Å². The van der Waals surface area contributed by atoms with Crippen LogP contribution in [-0.2, 0) is 16.0 Å². The molecule has 0 fully saturated rings. The van der Waals surface area contributed by atoms with Crippen LogP contribution in [0.2, 0.25) is 0 Å². The van der Waals surface area contributed by atoms with Crippen molar-refractivity contribution < 1.29 is 28.5 Å². The molecular formula is C18H16N4O6. The van der Waals surface area contributed by atoms with Crippen molar-refractivity contribution >= 4 is 5.97 Å². The van der Waals surface area contributed by atoms with Crippen LogP contribution in [0.1, 0.15) is 22.7 Å². The fraction of sp³-hybridized carbons (Fsp3) is 0.278. The van der Waals surface area contributed by atoms with Crippen LogP contribution in [0.4, 0.5) is 0 Å². The molecular weight excluding hydrogens is 368 g/mol. The molecule has 4 rings (SSSR count). The zero-order chi connectivity index (χ0) is 19.8. The van der Waals surface area contributed by atoms with Crippen LogP contribution in [0.15, 0.2) is 23.6 Å². The van der Waals surface area contributed by atoms with E-state index in [9.17, 15) is 10.1 Å². The molecule has 1 atom stereocenters. The number of hydrogen-bond donors (Lipinski definition) is 2. The number of aromatic amines is 1. The molecule has 0 spiro atoms. The maximum atomic E-state index is 11.8. The molecule has 3 N–H and O–H groups in total. The number of ether oxygens (including phenoxy) is 5. The van der Waals surface area contributed by atoms with E-state index in [0.29, 0.717) is 34.1 Å². The van der Waals surface area contributed by atoms with Crippen molar-refractivity contribution in [3.63, 3.8) is 0 Å². The second-order valence-corrected chi connectivity index (χ2v) is 6.06. The second-order valence-electron chi connectivity index (χ2n) is 6.06. The highest BCUT2D eigenvalue weighted by Gasteiger charge is 2.37. The summed E-state index contributed by atoms with van der Waals surface area (Å²) in [7, 11) is 2.80. The first kappa shape index (κ1) is 17.5. The molecule has 0 saturated carbocycles. The third-order valence-electron chi connectivity index (χ3n) is 4.58. The predicted octanol–water partition coefficient (Wildman–Crippen LogP) is 1.08. The largest absolute Gasteiger partial charge is 0.493 e. The highest BCUT2D eigenvalue weighted by atomic mass is 16.7. The number of allylic oxidation sites excluding steroid dienone is 1. The van der Waals surface area contributed by atoms with Crippen molar-refractivity contribution in [3.05, 3.63) is 40.4 Å². The first-order valence-electron chi connectivity index (χ1n) is 8.26. The zero-order valence-electron chi connectivity index (χ0n) is 15.1. The molecule has 0 bridgehead atoms. The lowest BCUT2D eigenvalue weighted by Crippen LogP contribution is -2.22. The molecule has 10 nitrogen and oxygen atoms in total. The molecule has 1 unspecified atom stereocenters. The van der Waals surface area contributed by atoms with E-state index in [1.54, 1.807) is 12.1 Å². The third-order valence-corrected chi connectivity index (χ3v) is 4.58. The Bertz CT molecular complexity index is 1040. The molecule has 0 aliphatic carbocycles. The van der Waals surface area contributed by atoms with Gasteiger partial charge in [0, 0.05) is 0 Å². The van der Waals surface area contributed by atoms with Crippen molar-refractivity contribution in [3.8, 4) is 29.2 Å². The molecule has 28 heavy (non-hydrogen) atoms. The first-order chi connectivity index (χ1) is 13.6. The van der Waals surface area contributed by atoms with Crippen LogP contribution in [-0.4, -0.2) is 37.2 Å². The minimum Gasteiger partial charge on any atom is -0.493 e. The molecule has 3 heterocycles. The van der Waals surface area contributed by atoms with Gasteiger partial charge in [-0.25, -0.2) is 0 Å². The van der Waals surface area contributed by atoms with Gasteiger partial charge in [-0.05, 0) is 17.7 Å². The molecule has 2 aliphatic rings. The van der Waals surface area contributed by atoms with Crippen LogP contribution in [0.3, 0.4) is 0 Å². The van der Waals surface area contributed by atoms with Crippen LogP contribution in [0.25, 0.3) is 0 Å². The standard InChI is InChI=1S/C18H16N4O6/c1-24-11-3-8(4-12-16(11)27-7-26-12)14-9(6-19)17(20)28-18-15(14)10(21-22-18)5-13(23)25-2/h3-4,14H,5,7,20H2,1-2H3,(H,21,22). The van der Waals surface area contributed by atoms with E-state index in [-0.39, 0.29) is 30.5 Å². The van der Waals surface area contributed by atoms with Gasteiger partial charge in [0.15, 0.2) is 11.5 Å². The SMILES string of the molecule is COC(=O)Cc1[nH]nc2c1C(c1cc(OC)c3c(c1)OCO3)C(C#N)=C(N)O2. The van der Waals surface area contributed by atoms with Crippen molar-refractivity contribution in [1.29, 1.82) is 5.26 Å². The molecule has 0 radical (unpaired) electrons. The molecule has 144 valence electrons. The summed E-state index contributed by atoms with van der Waals surface area (Å²) in [5, 5.41) is 16.6. The predicted molar refractivity (Wildman–Crippen MR) is 92.7 cm³/mol. The summed E-state index contributed by atoms with van der Waals surface area (Å²) in [6, 6.07) is 5.56. The lowest BCUT2D eigenvalue weighted by molar-refractivity contribution is -0.139. The number of carbonyl (C=O) groups excluding carboxylic acids is 1. The lowest BCUT2D eigenvalue weighted by atomic mass is 9.83. The number of methoxy groups -OCH3 is 2. The monoisotopic (exact) mass is 384 g/mol. The molecule has 1 aromatic heterocycles. The summed E-state index contributed by atoms with van der Waals surface area (Å²) in [5.41, 5.74) is 7.77. The van der Waals surface area contributed by atoms with Gasteiger partial charge in [-0.2, -0.15) is 5.26 Å². The number of carbonyl (C=O) groups is 1. The Morgan fingerprint density at radius 2 is 2.25 bits per heavy atom. The van der Waals surface area contributed by atoms with E-state index >= 15 is 0 Å². The van der Waals surface area contributed by atoms with E-state index in [4.69, 9.17) is 29.4 Å². The topological polar surface area (TPSA) is 142 Å². The summed E-state index contributed by atoms with van der Waals surface area (Å²) < 4.78 is 26.5. The highest BCUT2D eigenvalue weighted by Crippen LogP contribution is 2.48. The number of nitrogens with two attached hydrogens (primary N) is 1. The van der Waals surface area contributed by atoms with Crippen LogP contribution < -0.4 is 24.7 Å². The van der Waals surface area contributed by atoms with Crippen LogP contribution in [0.5, 0.6) is 23.1 Å². The number of nitrogens with one attached hydrogen (secondary N) is 1. The zero-order valence-corrected chi connectivity index (χ0v) is 15.1.